The van der Waals surface area contributed by atoms with Gasteiger partial charge in [0.25, 0.3) is 0 Å². The van der Waals surface area contributed by atoms with Crippen LogP contribution < -0.4 is 5.73 Å². The Kier molecular flexibility index (Phi) is 5.92. The van der Waals surface area contributed by atoms with Gasteiger partial charge in [0.05, 0.1) is 0 Å². The van der Waals surface area contributed by atoms with Gasteiger partial charge in [-0.1, -0.05) is 70.5 Å². The summed E-state index contributed by atoms with van der Waals surface area (Å²) in [6, 6.07) is 25.2. The van der Waals surface area contributed by atoms with Crippen LogP contribution in [0.25, 0.3) is 16.7 Å². The molecule has 0 amide bonds. The van der Waals surface area contributed by atoms with Crippen molar-refractivity contribution >= 4 is 27.2 Å². The Hall–Kier alpha value is -2.36. The third-order valence-corrected chi connectivity index (χ3v) is 4.78. The molecule has 0 heterocycles. The van der Waals surface area contributed by atoms with Crippen LogP contribution in [0.2, 0.25) is 0 Å². The standard InChI is InChI=1S/C23H23BrN2/c1-26(2)16-15-23(20-9-13-22(25)14-10-20)19-5-3-17(4-6-19)18-7-11-21(24)12-8-18/h3-15H,16,25H2,1-2H3/b23-15-. The first-order chi connectivity index (χ1) is 12.5. The van der Waals surface area contributed by atoms with Gasteiger partial charge in [0.1, 0.15) is 0 Å². The van der Waals surface area contributed by atoms with E-state index in [1.165, 1.54) is 27.8 Å². The van der Waals surface area contributed by atoms with E-state index < -0.39 is 0 Å². The summed E-state index contributed by atoms with van der Waals surface area (Å²) in [5, 5.41) is 0. The third-order valence-electron chi connectivity index (χ3n) is 4.26. The SMILES string of the molecule is CN(C)C/C=C(\c1ccc(N)cc1)c1ccc(-c2ccc(Br)cc2)cc1. The second-order valence-corrected chi connectivity index (χ2v) is 7.50. The first-order valence-corrected chi connectivity index (χ1v) is 9.39. The van der Waals surface area contributed by atoms with Crippen molar-refractivity contribution < 1.29 is 0 Å². The first kappa shape index (κ1) is 18.4. The summed E-state index contributed by atoms with van der Waals surface area (Å²) in [7, 11) is 4.15. The molecule has 3 heteroatoms. The van der Waals surface area contributed by atoms with Crippen LogP contribution in [0.4, 0.5) is 5.69 Å². The summed E-state index contributed by atoms with van der Waals surface area (Å²) in [6.45, 7) is 0.883. The van der Waals surface area contributed by atoms with Gasteiger partial charge in [-0.15, -0.1) is 0 Å². The van der Waals surface area contributed by atoms with Crippen LogP contribution >= 0.6 is 15.9 Å². The van der Waals surface area contributed by atoms with Crippen LogP contribution in [-0.4, -0.2) is 25.5 Å². The van der Waals surface area contributed by atoms with Crippen molar-refractivity contribution in [2.24, 2.45) is 0 Å². The van der Waals surface area contributed by atoms with Crippen molar-refractivity contribution in [3.05, 3.63) is 94.5 Å². The Morgan fingerprint density at radius 3 is 1.77 bits per heavy atom. The molecule has 3 rings (SSSR count). The van der Waals surface area contributed by atoms with Crippen molar-refractivity contribution in [3.8, 4) is 11.1 Å². The summed E-state index contributed by atoms with van der Waals surface area (Å²) in [4.78, 5) is 2.16. The molecule has 0 unspecified atom stereocenters. The molecule has 3 aromatic rings. The van der Waals surface area contributed by atoms with Gasteiger partial charge in [-0.3, -0.25) is 0 Å². The minimum absolute atomic E-state index is 0.784. The molecule has 3 aromatic carbocycles. The van der Waals surface area contributed by atoms with Gasteiger partial charge in [-0.25, -0.2) is 0 Å². The molecule has 0 aromatic heterocycles. The molecule has 0 spiro atoms. The molecule has 0 saturated carbocycles. The number of anilines is 1. The molecular weight excluding hydrogens is 384 g/mol. The van der Waals surface area contributed by atoms with Gasteiger partial charge in [0.2, 0.25) is 0 Å². The van der Waals surface area contributed by atoms with Gasteiger partial charge in [-0.05, 0) is 66.2 Å². The summed E-state index contributed by atoms with van der Waals surface area (Å²) >= 11 is 3.49. The molecule has 132 valence electrons. The van der Waals surface area contributed by atoms with E-state index in [4.69, 9.17) is 5.73 Å². The molecule has 0 bridgehead atoms. The van der Waals surface area contributed by atoms with E-state index in [-0.39, 0.29) is 0 Å². The molecular formula is C23H23BrN2. The Morgan fingerprint density at radius 2 is 1.27 bits per heavy atom. The molecule has 0 fully saturated rings. The van der Waals surface area contributed by atoms with Crippen LogP contribution in [0.5, 0.6) is 0 Å². The number of halogens is 1. The topological polar surface area (TPSA) is 29.3 Å². The normalized spacial score (nSPS) is 11.8. The Labute approximate surface area is 164 Å². The maximum Gasteiger partial charge on any atom is 0.0314 e. The molecule has 0 saturated heterocycles. The highest BCUT2D eigenvalue weighted by atomic mass is 79.9. The quantitative estimate of drug-likeness (QED) is 0.551. The van der Waals surface area contributed by atoms with E-state index in [0.717, 1.165) is 16.7 Å². The smallest absolute Gasteiger partial charge is 0.0314 e. The lowest BCUT2D eigenvalue weighted by molar-refractivity contribution is 0.457. The van der Waals surface area contributed by atoms with E-state index in [9.17, 15) is 0 Å². The predicted molar refractivity (Wildman–Crippen MR) is 116 cm³/mol. The Bertz CT molecular complexity index is 877. The van der Waals surface area contributed by atoms with Crippen LogP contribution in [0.3, 0.4) is 0 Å². The van der Waals surface area contributed by atoms with Gasteiger partial charge in [-0.2, -0.15) is 0 Å². The number of nitrogens with two attached hydrogens (primary N) is 1. The lowest BCUT2D eigenvalue weighted by atomic mass is 9.95. The van der Waals surface area contributed by atoms with Gasteiger partial charge in [0, 0.05) is 16.7 Å². The lowest BCUT2D eigenvalue weighted by Gasteiger charge is -2.13. The molecule has 0 aliphatic carbocycles. The summed E-state index contributed by atoms with van der Waals surface area (Å²) in [5.74, 6) is 0. The Morgan fingerprint density at radius 1 is 0.808 bits per heavy atom. The summed E-state index contributed by atoms with van der Waals surface area (Å²) in [5.41, 5.74) is 12.7. The van der Waals surface area contributed by atoms with Crippen LogP contribution in [0.15, 0.2) is 83.3 Å². The molecule has 2 N–H and O–H groups in total. The van der Waals surface area contributed by atoms with Crippen molar-refractivity contribution in [2.75, 3.05) is 26.4 Å². The Balaban J connectivity index is 1.94. The molecule has 0 radical (unpaired) electrons. The fourth-order valence-electron chi connectivity index (χ4n) is 2.82. The first-order valence-electron chi connectivity index (χ1n) is 8.60. The van der Waals surface area contributed by atoms with E-state index >= 15 is 0 Å². The van der Waals surface area contributed by atoms with Crippen molar-refractivity contribution in [1.29, 1.82) is 0 Å². The maximum atomic E-state index is 5.85. The second-order valence-electron chi connectivity index (χ2n) is 6.59. The van der Waals surface area contributed by atoms with Crippen LogP contribution in [-0.2, 0) is 0 Å². The maximum absolute atomic E-state index is 5.85. The van der Waals surface area contributed by atoms with Gasteiger partial charge < -0.3 is 10.6 Å². The number of likely N-dealkylation sites (N-methyl/N-ethyl adjacent to an activating group) is 1. The van der Waals surface area contributed by atoms with E-state index in [1.807, 2.05) is 12.1 Å². The highest BCUT2D eigenvalue weighted by Gasteiger charge is 2.06. The van der Waals surface area contributed by atoms with Crippen molar-refractivity contribution in [2.45, 2.75) is 0 Å². The van der Waals surface area contributed by atoms with Gasteiger partial charge in [0.15, 0.2) is 0 Å². The van der Waals surface area contributed by atoms with Crippen LogP contribution in [0.1, 0.15) is 11.1 Å². The number of nitrogens with zero attached hydrogens (tertiary/aromatic N) is 1. The van der Waals surface area contributed by atoms with Crippen molar-refractivity contribution in [1.82, 2.24) is 4.90 Å². The largest absolute Gasteiger partial charge is 0.399 e. The number of benzene rings is 3. The number of rotatable bonds is 5. The van der Waals surface area contributed by atoms with E-state index in [2.05, 4.69) is 102 Å². The molecule has 0 atom stereocenters. The molecule has 2 nitrogen and oxygen atoms in total. The predicted octanol–water partition coefficient (Wildman–Crippen LogP) is 5.69. The third kappa shape index (κ3) is 4.63. The fraction of sp³-hybridized carbons (Fsp3) is 0.130. The monoisotopic (exact) mass is 406 g/mol. The highest BCUT2D eigenvalue weighted by Crippen LogP contribution is 2.28. The molecule has 26 heavy (non-hydrogen) atoms. The fourth-order valence-corrected chi connectivity index (χ4v) is 3.09. The second kappa shape index (κ2) is 8.35. The van der Waals surface area contributed by atoms with E-state index in [1.54, 1.807) is 0 Å². The van der Waals surface area contributed by atoms with Gasteiger partial charge >= 0.3 is 0 Å². The molecule has 0 aliphatic heterocycles. The zero-order valence-corrected chi connectivity index (χ0v) is 16.7. The molecule has 0 aliphatic rings. The minimum Gasteiger partial charge on any atom is -0.399 e. The lowest BCUT2D eigenvalue weighted by Crippen LogP contribution is -2.11. The average Bonchev–Trinajstić information content (AvgIpc) is 2.64. The number of hydrogen-bond acceptors (Lipinski definition) is 2. The highest BCUT2D eigenvalue weighted by molar-refractivity contribution is 9.10. The zero-order chi connectivity index (χ0) is 18.5. The number of hydrogen-bond donors (Lipinski definition) is 1. The van der Waals surface area contributed by atoms with Crippen LogP contribution in [0, 0.1) is 0 Å². The van der Waals surface area contributed by atoms with Crippen molar-refractivity contribution in [3.63, 3.8) is 0 Å². The summed E-state index contributed by atoms with van der Waals surface area (Å²) < 4.78 is 1.09. The van der Waals surface area contributed by atoms with E-state index in [0.29, 0.717) is 0 Å². The number of nitrogen functional groups attached to an aromatic ring is 1. The zero-order valence-electron chi connectivity index (χ0n) is 15.1. The average molecular weight is 407 g/mol. The minimum atomic E-state index is 0.784. The summed E-state index contributed by atoms with van der Waals surface area (Å²) in [6.07, 6.45) is 2.26.